The first-order valence-electron chi connectivity index (χ1n) is 11.5. The fourth-order valence-electron chi connectivity index (χ4n) is 4.29. The molecule has 0 bridgehead atoms. The van der Waals surface area contributed by atoms with E-state index in [1.165, 1.54) is 16.9 Å². The molecule has 3 aromatic carbocycles. The van der Waals surface area contributed by atoms with Crippen molar-refractivity contribution in [2.75, 3.05) is 31.0 Å². The second-order valence-electron chi connectivity index (χ2n) is 8.37. The Morgan fingerprint density at radius 1 is 0.972 bits per heavy atom. The predicted molar refractivity (Wildman–Crippen MR) is 142 cm³/mol. The van der Waals surface area contributed by atoms with Gasteiger partial charge in [0.1, 0.15) is 9.88 Å². The molecule has 1 aromatic heterocycles. The number of benzene rings is 3. The van der Waals surface area contributed by atoms with Crippen molar-refractivity contribution < 1.29 is 19.1 Å². The van der Waals surface area contributed by atoms with Gasteiger partial charge in [0, 0.05) is 29.0 Å². The molecular formula is C28H25N3O4S. The largest absolute Gasteiger partial charge is 0.493 e. The molecule has 0 aliphatic carbocycles. The Labute approximate surface area is 213 Å². The number of aromatic nitrogens is 1. The molecule has 0 unspecified atom stereocenters. The number of thiazole rings is 1. The quantitative estimate of drug-likeness (QED) is 0.374. The summed E-state index contributed by atoms with van der Waals surface area (Å²) in [6, 6.07) is 20.5. The molecular weight excluding hydrogens is 474 g/mol. The maximum atomic E-state index is 13.0. The van der Waals surface area contributed by atoms with Gasteiger partial charge in [0.15, 0.2) is 11.5 Å². The summed E-state index contributed by atoms with van der Waals surface area (Å²) in [4.78, 5) is 33.0. The van der Waals surface area contributed by atoms with Crippen molar-refractivity contribution in [3.05, 3.63) is 88.4 Å². The van der Waals surface area contributed by atoms with E-state index >= 15 is 0 Å². The number of hydrogen-bond acceptors (Lipinski definition) is 6. The van der Waals surface area contributed by atoms with Crippen LogP contribution in [0, 0.1) is 6.92 Å². The van der Waals surface area contributed by atoms with Crippen molar-refractivity contribution in [3.8, 4) is 22.1 Å². The molecule has 7 nitrogen and oxygen atoms in total. The Bertz CT molecular complexity index is 1450. The van der Waals surface area contributed by atoms with Crippen molar-refractivity contribution in [2.45, 2.75) is 13.3 Å². The lowest BCUT2D eigenvalue weighted by molar-refractivity contribution is 0.0988. The van der Waals surface area contributed by atoms with Crippen molar-refractivity contribution in [3.63, 3.8) is 0 Å². The number of para-hydroxylation sites is 1. The third kappa shape index (κ3) is 4.43. The third-order valence-electron chi connectivity index (χ3n) is 6.16. The van der Waals surface area contributed by atoms with E-state index in [-0.39, 0.29) is 11.8 Å². The number of carbonyl (C=O) groups is 2. The Morgan fingerprint density at radius 2 is 1.72 bits per heavy atom. The van der Waals surface area contributed by atoms with Gasteiger partial charge in [-0.25, -0.2) is 4.98 Å². The van der Waals surface area contributed by atoms with Crippen LogP contribution in [0.4, 0.5) is 11.4 Å². The van der Waals surface area contributed by atoms with Gasteiger partial charge < -0.3 is 19.7 Å². The molecule has 5 rings (SSSR count). The number of methoxy groups -OCH3 is 2. The van der Waals surface area contributed by atoms with E-state index in [4.69, 9.17) is 9.47 Å². The Kier molecular flexibility index (Phi) is 6.43. The molecule has 8 heteroatoms. The van der Waals surface area contributed by atoms with Gasteiger partial charge in [0.2, 0.25) is 0 Å². The van der Waals surface area contributed by atoms with Gasteiger partial charge in [0.25, 0.3) is 11.8 Å². The number of nitrogens with one attached hydrogen (secondary N) is 1. The predicted octanol–water partition coefficient (Wildman–Crippen LogP) is 5.59. The molecule has 1 aliphatic rings. The van der Waals surface area contributed by atoms with Gasteiger partial charge >= 0.3 is 0 Å². The first kappa shape index (κ1) is 23.6. The summed E-state index contributed by atoms with van der Waals surface area (Å²) < 4.78 is 10.7. The highest BCUT2D eigenvalue weighted by Crippen LogP contribution is 2.35. The molecule has 4 aromatic rings. The molecule has 182 valence electrons. The molecule has 0 radical (unpaired) electrons. The van der Waals surface area contributed by atoms with Crippen LogP contribution in [-0.2, 0) is 6.42 Å². The Morgan fingerprint density at radius 3 is 2.47 bits per heavy atom. The first-order valence-corrected chi connectivity index (χ1v) is 12.3. The van der Waals surface area contributed by atoms with Crippen LogP contribution in [0.1, 0.15) is 31.3 Å². The molecule has 2 heterocycles. The second-order valence-corrected chi connectivity index (χ2v) is 9.37. The van der Waals surface area contributed by atoms with E-state index in [1.54, 1.807) is 43.4 Å². The molecule has 0 saturated heterocycles. The molecule has 36 heavy (non-hydrogen) atoms. The highest BCUT2D eigenvalue weighted by Gasteiger charge is 2.25. The van der Waals surface area contributed by atoms with Gasteiger partial charge in [-0.15, -0.1) is 11.3 Å². The number of carbonyl (C=O) groups excluding carboxylic acids is 2. The lowest BCUT2D eigenvalue weighted by Crippen LogP contribution is -2.28. The van der Waals surface area contributed by atoms with E-state index < -0.39 is 0 Å². The van der Waals surface area contributed by atoms with E-state index in [9.17, 15) is 9.59 Å². The monoisotopic (exact) mass is 499 g/mol. The van der Waals surface area contributed by atoms with E-state index in [2.05, 4.69) is 16.4 Å². The van der Waals surface area contributed by atoms with E-state index in [0.717, 1.165) is 17.7 Å². The van der Waals surface area contributed by atoms with Crippen molar-refractivity contribution in [1.29, 1.82) is 0 Å². The standard InChI is InChI=1S/C28H25N3O4S/c1-17-25(36-27(29-17)20-10-13-23(34-2)24(16-20)35-3)26(32)30-21-11-8-19(9-12-21)28(33)31-15-14-18-6-4-5-7-22(18)31/h4-13,16H,14-15H2,1-3H3,(H,30,32). The minimum absolute atomic E-state index is 0.0457. The van der Waals surface area contributed by atoms with Gasteiger partial charge in [-0.3, -0.25) is 9.59 Å². The lowest BCUT2D eigenvalue weighted by Gasteiger charge is -2.17. The number of hydrogen-bond donors (Lipinski definition) is 1. The zero-order valence-corrected chi connectivity index (χ0v) is 21.0. The maximum Gasteiger partial charge on any atom is 0.267 e. The summed E-state index contributed by atoms with van der Waals surface area (Å²) in [6.45, 7) is 2.48. The molecule has 1 N–H and O–H groups in total. The Hall–Kier alpha value is -4.17. The zero-order chi connectivity index (χ0) is 25.2. The van der Waals surface area contributed by atoms with Crippen LogP contribution in [-0.4, -0.2) is 37.6 Å². The van der Waals surface area contributed by atoms with Crippen molar-refractivity contribution in [1.82, 2.24) is 4.98 Å². The number of ether oxygens (including phenoxy) is 2. The normalized spacial score (nSPS) is 12.2. The second kappa shape index (κ2) is 9.83. The summed E-state index contributed by atoms with van der Waals surface area (Å²) in [6.07, 6.45) is 0.857. The number of amides is 2. The van der Waals surface area contributed by atoms with Crippen LogP contribution in [0.2, 0.25) is 0 Å². The zero-order valence-electron chi connectivity index (χ0n) is 20.2. The van der Waals surface area contributed by atoms with Gasteiger partial charge in [0.05, 0.1) is 19.9 Å². The van der Waals surface area contributed by atoms with Gasteiger partial charge in [-0.05, 0) is 67.4 Å². The average molecular weight is 500 g/mol. The summed E-state index contributed by atoms with van der Waals surface area (Å²) in [7, 11) is 3.16. The van der Waals surface area contributed by atoms with Crippen molar-refractivity contribution >= 4 is 34.5 Å². The number of aryl methyl sites for hydroxylation is 1. The number of nitrogens with zero attached hydrogens (tertiary/aromatic N) is 2. The van der Waals surface area contributed by atoms with Gasteiger partial charge in [-0.1, -0.05) is 18.2 Å². The van der Waals surface area contributed by atoms with Crippen LogP contribution in [0.3, 0.4) is 0 Å². The number of anilines is 2. The van der Waals surface area contributed by atoms with E-state index in [1.807, 2.05) is 43.3 Å². The molecule has 0 spiro atoms. The SMILES string of the molecule is COc1ccc(-c2nc(C)c(C(=O)Nc3ccc(C(=O)N4CCc5ccccc54)cc3)s2)cc1OC. The van der Waals surface area contributed by atoms with Crippen LogP contribution < -0.4 is 19.7 Å². The van der Waals surface area contributed by atoms with Crippen LogP contribution >= 0.6 is 11.3 Å². The van der Waals surface area contributed by atoms with Gasteiger partial charge in [-0.2, -0.15) is 0 Å². The smallest absolute Gasteiger partial charge is 0.267 e. The molecule has 0 saturated carbocycles. The number of rotatable bonds is 6. The average Bonchev–Trinajstić information content (AvgIpc) is 3.52. The molecule has 0 fully saturated rings. The third-order valence-corrected chi connectivity index (χ3v) is 7.36. The molecule has 1 aliphatic heterocycles. The van der Waals surface area contributed by atoms with E-state index in [0.29, 0.717) is 44.9 Å². The first-order chi connectivity index (χ1) is 17.5. The molecule has 2 amide bonds. The Balaban J connectivity index is 1.30. The number of fused-ring (bicyclic) bond motifs is 1. The summed E-state index contributed by atoms with van der Waals surface area (Å²) in [5.74, 6) is 0.934. The minimum Gasteiger partial charge on any atom is -0.493 e. The molecule has 0 atom stereocenters. The highest BCUT2D eigenvalue weighted by atomic mass is 32.1. The lowest BCUT2D eigenvalue weighted by atomic mass is 10.1. The fraction of sp³-hybridized carbons (Fsp3) is 0.179. The maximum absolute atomic E-state index is 13.0. The van der Waals surface area contributed by atoms with Crippen LogP contribution in [0.5, 0.6) is 11.5 Å². The minimum atomic E-state index is -0.246. The highest BCUT2D eigenvalue weighted by molar-refractivity contribution is 7.17. The van der Waals surface area contributed by atoms with Crippen LogP contribution in [0.25, 0.3) is 10.6 Å². The summed E-state index contributed by atoms with van der Waals surface area (Å²) in [5, 5.41) is 3.63. The topological polar surface area (TPSA) is 80.8 Å². The fourth-order valence-corrected chi connectivity index (χ4v) is 5.25. The van der Waals surface area contributed by atoms with Crippen molar-refractivity contribution in [2.24, 2.45) is 0 Å². The summed E-state index contributed by atoms with van der Waals surface area (Å²) >= 11 is 1.31. The summed E-state index contributed by atoms with van der Waals surface area (Å²) in [5.41, 5.74) is 4.81. The van der Waals surface area contributed by atoms with Crippen LogP contribution in [0.15, 0.2) is 66.7 Å².